The van der Waals surface area contributed by atoms with Gasteiger partial charge in [-0.2, -0.15) is 0 Å². The molecule has 0 fully saturated rings. The van der Waals surface area contributed by atoms with Gasteiger partial charge in [-0.3, -0.25) is 4.98 Å². The van der Waals surface area contributed by atoms with Gasteiger partial charge in [0.25, 0.3) is 0 Å². The molecule has 0 atom stereocenters. The molecular formula is C7H6N2S3. The molecule has 0 bridgehead atoms. The van der Waals surface area contributed by atoms with Crippen LogP contribution in [-0.4, -0.2) is 16.2 Å². The summed E-state index contributed by atoms with van der Waals surface area (Å²) >= 11 is 5.04. The van der Waals surface area contributed by atoms with E-state index >= 15 is 0 Å². The molecule has 0 aliphatic carbocycles. The maximum Gasteiger partial charge on any atom is 0.150 e. The van der Waals surface area contributed by atoms with Gasteiger partial charge >= 0.3 is 0 Å². The average Bonchev–Trinajstić information content (AvgIpc) is 2.75. The first kappa shape index (κ1) is 8.22. The van der Waals surface area contributed by atoms with Crippen LogP contribution in [0.25, 0.3) is 9.75 Å². The van der Waals surface area contributed by atoms with E-state index < -0.39 is 0 Å². The summed E-state index contributed by atoms with van der Waals surface area (Å²) < 4.78 is 1.11. The predicted molar refractivity (Wildman–Crippen MR) is 55.0 cm³/mol. The van der Waals surface area contributed by atoms with E-state index in [0.29, 0.717) is 0 Å². The summed E-state index contributed by atoms with van der Waals surface area (Å²) in [4.78, 5) is 10.7. The fraction of sp³-hybridized carbons (Fsp3) is 0.143. The van der Waals surface area contributed by atoms with Crippen LogP contribution in [0.15, 0.2) is 22.2 Å². The van der Waals surface area contributed by atoms with Gasteiger partial charge in [-0.1, -0.05) is 11.8 Å². The fourth-order valence-corrected chi connectivity index (χ4v) is 2.91. The summed E-state index contributed by atoms with van der Waals surface area (Å²) in [5.74, 6) is 0. The molecule has 2 aromatic rings. The molecular weight excluding hydrogens is 208 g/mol. The minimum absolute atomic E-state index is 1.11. The third-order valence-electron chi connectivity index (χ3n) is 1.33. The lowest BCUT2D eigenvalue weighted by molar-refractivity contribution is 1.26. The summed E-state index contributed by atoms with van der Waals surface area (Å²) in [6.45, 7) is 0. The van der Waals surface area contributed by atoms with Crippen molar-refractivity contribution in [2.24, 2.45) is 0 Å². The average molecular weight is 214 g/mol. The molecule has 2 rings (SSSR count). The predicted octanol–water partition coefficient (Wildman–Crippen LogP) is 2.99. The maximum absolute atomic E-state index is 4.25. The van der Waals surface area contributed by atoms with Gasteiger partial charge in [0.15, 0.2) is 0 Å². The van der Waals surface area contributed by atoms with Gasteiger partial charge < -0.3 is 0 Å². The van der Waals surface area contributed by atoms with Crippen LogP contribution >= 0.6 is 34.4 Å². The van der Waals surface area contributed by atoms with Gasteiger partial charge in [0.2, 0.25) is 0 Å². The number of thiazole rings is 2. The van der Waals surface area contributed by atoms with E-state index in [1.807, 2.05) is 24.2 Å². The van der Waals surface area contributed by atoms with E-state index in [-0.39, 0.29) is 0 Å². The number of hydrogen-bond donors (Lipinski definition) is 0. The highest BCUT2D eigenvalue weighted by molar-refractivity contribution is 8.00. The monoisotopic (exact) mass is 214 g/mol. The van der Waals surface area contributed by atoms with Crippen molar-refractivity contribution >= 4 is 34.4 Å². The Morgan fingerprint density at radius 3 is 2.83 bits per heavy atom. The van der Waals surface area contributed by atoms with Crippen molar-refractivity contribution in [3.8, 4) is 9.75 Å². The standard InChI is InChI=1S/C7H6N2S3/c1-10-7-9-3-6(12-7)5-2-8-4-11-5/h2-4H,1H3. The summed E-state index contributed by atoms with van der Waals surface area (Å²) in [7, 11) is 0. The van der Waals surface area contributed by atoms with Gasteiger partial charge in [0, 0.05) is 12.4 Å². The molecule has 2 heterocycles. The molecule has 0 unspecified atom stereocenters. The lowest BCUT2D eigenvalue weighted by atomic mass is 10.5. The van der Waals surface area contributed by atoms with Crippen LogP contribution in [0.2, 0.25) is 0 Å². The smallest absolute Gasteiger partial charge is 0.150 e. The minimum Gasteiger partial charge on any atom is -0.252 e. The second kappa shape index (κ2) is 3.55. The normalized spacial score (nSPS) is 10.4. The molecule has 2 aromatic heterocycles. The van der Waals surface area contributed by atoms with Gasteiger partial charge in [0.1, 0.15) is 4.34 Å². The summed E-state index contributed by atoms with van der Waals surface area (Å²) in [5.41, 5.74) is 1.84. The van der Waals surface area contributed by atoms with Gasteiger partial charge in [-0.25, -0.2) is 4.98 Å². The highest BCUT2D eigenvalue weighted by Crippen LogP contribution is 2.32. The summed E-state index contributed by atoms with van der Waals surface area (Å²) in [6, 6.07) is 0. The Labute approximate surface area is 82.7 Å². The molecule has 12 heavy (non-hydrogen) atoms. The van der Waals surface area contributed by atoms with Crippen LogP contribution in [0.3, 0.4) is 0 Å². The quantitative estimate of drug-likeness (QED) is 0.719. The molecule has 0 amide bonds. The molecule has 62 valence electrons. The van der Waals surface area contributed by atoms with E-state index in [4.69, 9.17) is 0 Å². The Morgan fingerprint density at radius 2 is 2.25 bits per heavy atom. The first-order chi connectivity index (χ1) is 5.90. The van der Waals surface area contributed by atoms with Gasteiger partial charge in [-0.05, 0) is 6.26 Å². The van der Waals surface area contributed by atoms with Crippen LogP contribution in [-0.2, 0) is 0 Å². The molecule has 0 aliphatic rings. The second-order valence-corrected chi connectivity index (χ2v) is 5.03. The Balaban J connectivity index is 2.35. The van der Waals surface area contributed by atoms with E-state index in [0.717, 1.165) is 4.34 Å². The largest absolute Gasteiger partial charge is 0.252 e. The number of thioether (sulfide) groups is 1. The van der Waals surface area contributed by atoms with Crippen molar-refractivity contribution in [1.29, 1.82) is 0 Å². The van der Waals surface area contributed by atoms with Crippen LogP contribution in [0.5, 0.6) is 0 Å². The molecule has 0 N–H and O–H groups in total. The zero-order valence-electron chi connectivity index (χ0n) is 6.35. The highest BCUT2D eigenvalue weighted by Gasteiger charge is 2.03. The zero-order valence-corrected chi connectivity index (χ0v) is 8.80. The number of rotatable bonds is 2. The summed E-state index contributed by atoms with van der Waals surface area (Å²) in [5, 5.41) is 0. The SMILES string of the molecule is CSc1ncc(-c2cncs2)s1. The molecule has 0 aromatic carbocycles. The van der Waals surface area contributed by atoms with Crippen molar-refractivity contribution in [3.63, 3.8) is 0 Å². The van der Waals surface area contributed by atoms with Gasteiger partial charge in [-0.15, -0.1) is 22.7 Å². The van der Waals surface area contributed by atoms with Crippen molar-refractivity contribution in [1.82, 2.24) is 9.97 Å². The molecule has 0 radical (unpaired) electrons. The fourth-order valence-electron chi connectivity index (χ4n) is 0.804. The van der Waals surface area contributed by atoms with E-state index in [1.54, 1.807) is 34.4 Å². The third kappa shape index (κ3) is 1.53. The lowest BCUT2D eigenvalue weighted by Gasteiger charge is -1.84. The van der Waals surface area contributed by atoms with E-state index in [9.17, 15) is 0 Å². The molecule has 0 saturated heterocycles. The molecule has 0 spiro atoms. The molecule has 2 nitrogen and oxygen atoms in total. The first-order valence-electron chi connectivity index (χ1n) is 3.29. The maximum atomic E-state index is 4.25. The Hall–Kier alpha value is -0.390. The second-order valence-electron chi connectivity index (χ2n) is 2.06. The van der Waals surface area contributed by atoms with Crippen LogP contribution in [0, 0.1) is 0 Å². The number of aromatic nitrogens is 2. The van der Waals surface area contributed by atoms with Crippen molar-refractivity contribution in [3.05, 3.63) is 17.9 Å². The topological polar surface area (TPSA) is 25.8 Å². The number of hydrogen-bond acceptors (Lipinski definition) is 5. The minimum atomic E-state index is 1.11. The molecule has 0 aliphatic heterocycles. The van der Waals surface area contributed by atoms with E-state index in [2.05, 4.69) is 9.97 Å². The molecule has 0 saturated carbocycles. The Morgan fingerprint density at radius 1 is 1.33 bits per heavy atom. The summed E-state index contributed by atoms with van der Waals surface area (Å²) in [6.07, 6.45) is 5.82. The van der Waals surface area contributed by atoms with Crippen LogP contribution in [0.1, 0.15) is 0 Å². The Kier molecular flexibility index (Phi) is 2.43. The third-order valence-corrected chi connectivity index (χ3v) is 4.30. The number of nitrogens with zero attached hydrogens (tertiary/aromatic N) is 2. The van der Waals surface area contributed by atoms with Crippen molar-refractivity contribution < 1.29 is 0 Å². The van der Waals surface area contributed by atoms with E-state index in [1.165, 1.54) is 9.75 Å². The Bertz CT molecular complexity index is 352. The molecule has 5 heteroatoms. The van der Waals surface area contributed by atoms with Crippen molar-refractivity contribution in [2.75, 3.05) is 6.26 Å². The van der Waals surface area contributed by atoms with Gasteiger partial charge in [0.05, 0.1) is 15.3 Å². The first-order valence-corrected chi connectivity index (χ1v) is 6.21. The van der Waals surface area contributed by atoms with Crippen LogP contribution in [0.4, 0.5) is 0 Å². The lowest BCUT2D eigenvalue weighted by Crippen LogP contribution is -1.59. The van der Waals surface area contributed by atoms with Crippen molar-refractivity contribution in [2.45, 2.75) is 4.34 Å². The van der Waals surface area contributed by atoms with Crippen LogP contribution < -0.4 is 0 Å². The highest BCUT2D eigenvalue weighted by atomic mass is 32.2. The zero-order chi connectivity index (χ0) is 8.39.